The first-order chi connectivity index (χ1) is 7.00. The number of rotatable bonds is 1. The third-order valence-corrected chi connectivity index (χ3v) is 3.03. The van der Waals surface area contributed by atoms with Crippen LogP contribution in [0.15, 0.2) is 41.3 Å². The maximum Gasteiger partial charge on any atom is 1.00 e. The monoisotopic (exact) mass is 264 g/mol. The van der Waals surface area contributed by atoms with Crippen LogP contribution in [0.5, 0.6) is 5.75 Å². The van der Waals surface area contributed by atoms with E-state index in [1.807, 2.05) is 0 Å². The van der Waals surface area contributed by atoms with E-state index < -0.39 is 20.8 Å². The van der Waals surface area contributed by atoms with Crippen molar-refractivity contribution in [2.75, 3.05) is 0 Å². The van der Waals surface area contributed by atoms with Gasteiger partial charge in [-0.15, -0.1) is 0 Å². The molecule has 0 aliphatic carbocycles. The van der Waals surface area contributed by atoms with Gasteiger partial charge in [0, 0.05) is 5.39 Å². The summed E-state index contributed by atoms with van der Waals surface area (Å²) in [7, 11) is -4.37. The van der Waals surface area contributed by atoms with E-state index >= 15 is 0 Å². The third kappa shape index (κ3) is 2.65. The number of phenolic OH excluding ortho intramolecular Hbond substituents is 1. The molecule has 6 heteroatoms. The Balaban J connectivity index is 0.00000128. The Morgan fingerprint density at radius 1 is 1.06 bits per heavy atom. The molecule has 2 N–H and O–H groups in total. The van der Waals surface area contributed by atoms with Gasteiger partial charge in [0.05, 0.1) is 0 Å². The largest absolute Gasteiger partial charge is 1.00 e. The Morgan fingerprint density at radius 2 is 1.69 bits per heavy atom. The summed E-state index contributed by atoms with van der Waals surface area (Å²) in [6.07, 6.45) is 0. The molecule has 0 saturated heterocycles. The molecule has 2 aromatic rings. The van der Waals surface area contributed by atoms with Gasteiger partial charge in [-0.1, -0.05) is 30.3 Å². The maximum atomic E-state index is 10.9. The standard InChI is InChI=1S/C10H8O4S.K.H/c11-10-8-4-2-1-3-7(8)5-6-9(10)15(12,13)14;;/h1-6,11H,(H,12,13,14);;/q;+1;-1. The minimum atomic E-state index is -4.37. The Labute approximate surface area is 137 Å². The van der Waals surface area contributed by atoms with Crippen molar-refractivity contribution in [1.29, 1.82) is 0 Å². The molecule has 0 radical (unpaired) electrons. The third-order valence-electron chi connectivity index (χ3n) is 2.14. The molecule has 80 valence electrons. The van der Waals surface area contributed by atoms with Gasteiger partial charge in [0.1, 0.15) is 10.6 Å². The van der Waals surface area contributed by atoms with Crippen LogP contribution in [0.25, 0.3) is 10.8 Å². The van der Waals surface area contributed by atoms with E-state index in [1.165, 1.54) is 12.1 Å². The first kappa shape index (κ1) is 14.1. The predicted octanol–water partition coefficient (Wildman–Crippen LogP) is -1.09. The first-order valence-electron chi connectivity index (χ1n) is 4.18. The SMILES string of the molecule is O=S(=O)(O)c1ccc2ccccc2c1O.[H-].[K+]. The Bertz CT molecular complexity index is 627. The van der Waals surface area contributed by atoms with Crippen LogP contribution in [0.1, 0.15) is 1.43 Å². The molecule has 0 aromatic heterocycles. The molecule has 2 aromatic carbocycles. The van der Waals surface area contributed by atoms with Crippen molar-refractivity contribution in [3.63, 3.8) is 0 Å². The number of phenols is 1. The molecule has 16 heavy (non-hydrogen) atoms. The molecule has 0 fully saturated rings. The van der Waals surface area contributed by atoms with Crippen LogP contribution in [-0.2, 0) is 10.1 Å². The smallest absolute Gasteiger partial charge is 1.00 e. The van der Waals surface area contributed by atoms with E-state index in [0.717, 1.165) is 0 Å². The van der Waals surface area contributed by atoms with Crippen molar-refractivity contribution in [2.24, 2.45) is 0 Å². The zero-order valence-electron chi connectivity index (χ0n) is 9.58. The molecule has 0 atom stereocenters. The van der Waals surface area contributed by atoms with Crippen LogP contribution in [0, 0.1) is 0 Å². The van der Waals surface area contributed by atoms with Gasteiger partial charge in [-0.2, -0.15) is 8.42 Å². The average molecular weight is 264 g/mol. The zero-order chi connectivity index (χ0) is 11.1. The molecule has 0 aliphatic heterocycles. The van der Waals surface area contributed by atoms with Crippen LogP contribution < -0.4 is 51.4 Å². The van der Waals surface area contributed by atoms with Gasteiger partial charge in [0.25, 0.3) is 10.1 Å². The molecular formula is C10H9KO4S. The molecule has 0 spiro atoms. The minimum Gasteiger partial charge on any atom is -1.00 e. The fraction of sp³-hybridized carbons (Fsp3) is 0. The normalized spacial score (nSPS) is 11.1. The molecule has 0 heterocycles. The van der Waals surface area contributed by atoms with Crippen molar-refractivity contribution in [1.82, 2.24) is 0 Å². The second-order valence-corrected chi connectivity index (χ2v) is 4.50. The van der Waals surface area contributed by atoms with E-state index in [2.05, 4.69) is 0 Å². The molecule has 0 amide bonds. The molecular weight excluding hydrogens is 255 g/mol. The molecule has 0 saturated carbocycles. The predicted molar refractivity (Wildman–Crippen MR) is 56.5 cm³/mol. The second kappa shape index (κ2) is 5.13. The second-order valence-electron chi connectivity index (χ2n) is 3.11. The zero-order valence-corrected chi connectivity index (χ0v) is 12.5. The Hall–Kier alpha value is 0.0464. The maximum absolute atomic E-state index is 10.9. The van der Waals surface area contributed by atoms with Crippen LogP contribution in [0.4, 0.5) is 0 Å². The van der Waals surface area contributed by atoms with Gasteiger partial charge in [-0.05, 0) is 11.5 Å². The van der Waals surface area contributed by atoms with Crippen molar-refractivity contribution in [2.45, 2.75) is 4.90 Å². The Kier molecular flexibility index (Phi) is 4.53. The van der Waals surface area contributed by atoms with Crippen LogP contribution in [0.3, 0.4) is 0 Å². The summed E-state index contributed by atoms with van der Waals surface area (Å²) in [6.45, 7) is 0. The Morgan fingerprint density at radius 3 is 2.31 bits per heavy atom. The van der Waals surface area contributed by atoms with Crippen LogP contribution in [0.2, 0.25) is 0 Å². The van der Waals surface area contributed by atoms with E-state index in [-0.39, 0.29) is 52.8 Å². The van der Waals surface area contributed by atoms with Crippen molar-refractivity contribution in [3.8, 4) is 5.75 Å². The van der Waals surface area contributed by atoms with Gasteiger partial charge >= 0.3 is 51.4 Å². The van der Waals surface area contributed by atoms with Gasteiger partial charge < -0.3 is 6.53 Å². The van der Waals surface area contributed by atoms with E-state index in [1.54, 1.807) is 24.3 Å². The number of hydrogen-bond donors (Lipinski definition) is 2. The van der Waals surface area contributed by atoms with Crippen molar-refractivity contribution >= 4 is 20.9 Å². The average Bonchev–Trinajstić information content (AvgIpc) is 2.16. The van der Waals surface area contributed by atoms with E-state index in [0.29, 0.717) is 10.8 Å². The van der Waals surface area contributed by atoms with Crippen molar-refractivity contribution in [3.05, 3.63) is 36.4 Å². The summed E-state index contributed by atoms with van der Waals surface area (Å²) in [5.41, 5.74) is 0. The van der Waals surface area contributed by atoms with Gasteiger partial charge in [-0.25, -0.2) is 0 Å². The van der Waals surface area contributed by atoms with Gasteiger partial charge in [-0.3, -0.25) is 4.55 Å². The molecule has 2 rings (SSSR count). The number of benzene rings is 2. The van der Waals surface area contributed by atoms with Gasteiger partial charge in [0.15, 0.2) is 0 Å². The summed E-state index contributed by atoms with van der Waals surface area (Å²) in [4.78, 5) is -0.471. The van der Waals surface area contributed by atoms with E-state index in [4.69, 9.17) is 4.55 Å². The first-order valence-corrected chi connectivity index (χ1v) is 5.62. The number of fused-ring (bicyclic) bond motifs is 1. The molecule has 0 unspecified atom stereocenters. The molecule has 4 nitrogen and oxygen atoms in total. The minimum absolute atomic E-state index is 0. The topological polar surface area (TPSA) is 74.6 Å². The molecule has 0 aliphatic rings. The summed E-state index contributed by atoms with van der Waals surface area (Å²) in [5, 5.41) is 10.8. The summed E-state index contributed by atoms with van der Waals surface area (Å²) >= 11 is 0. The summed E-state index contributed by atoms with van der Waals surface area (Å²) in [6, 6.07) is 9.47. The summed E-state index contributed by atoms with van der Waals surface area (Å²) < 4.78 is 30.6. The fourth-order valence-corrected chi connectivity index (χ4v) is 2.04. The number of aromatic hydroxyl groups is 1. The van der Waals surface area contributed by atoms with E-state index in [9.17, 15) is 13.5 Å². The quantitative estimate of drug-likeness (QED) is 0.507. The van der Waals surface area contributed by atoms with Crippen LogP contribution in [-0.4, -0.2) is 18.1 Å². The van der Waals surface area contributed by atoms with Crippen molar-refractivity contribution < 1.29 is 70.9 Å². The van der Waals surface area contributed by atoms with Gasteiger partial charge in [0.2, 0.25) is 0 Å². The summed E-state index contributed by atoms with van der Waals surface area (Å²) in [5.74, 6) is -0.421. The number of hydrogen-bond acceptors (Lipinski definition) is 3. The fourth-order valence-electron chi connectivity index (χ4n) is 1.44. The molecule has 0 bridgehead atoms. The van der Waals surface area contributed by atoms with Crippen LogP contribution >= 0.6 is 0 Å².